The molecule has 0 unspecified atom stereocenters. The first-order chi connectivity index (χ1) is 14.7. The predicted octanol–water partition coefficient (Wildman–Crippen LogP) is 6.20. The van der Waals surface area contributed by atoms with Crippen LogP contribution in [0.25, 0.3) is 64.6 Å². The van der Waals surface area contributed by atoms with E-state index in [2.05, 4.69) is 30.3 Å². The number of benzene rings is 5. The molecule has 0 spiro atoms. The lowest BCUT2D eigenvalue weighted by Crippen LogP contribution is -1.96. The molecular weight excluding hydrogens is 368 g/mol. The number of hydrogen-bond acceptors (Lipinski definition) is 2. The molecule has 0 aliphatic heterocycles. The Morgan fingerprint density at radius 1 is 0.333 bits per heavy atom. The molecular formula is C28H14O2. The summed E-state index contributed by atoms with van der Waals surface area (Å²) in [4.78, 5) is 26.2. The molecule has 0 saturated heterocycles. The van der Waals surface area contributed by atoms with Crippen LogP contribution in [0, 0.1) is 0 Å². The van der Waals surface area contributed by atoms with Crippen LogP contribution in [0.5, 0.6) is 0 Å². The molecule has 0 fully saturated rings. The van der Waals surface area contributed by atoms with Gasteiger partial charge in [0.2, 0.25) is 0 Å². The average Bonchev–Trinajstić information content (AvgIpc) is 3.23. The minimum atomic E-state index is 0.00129. The normalized spacial score (nSPS) is 12.3. The van der Waals surface area contributed by atoms with Crippen LogP contribution in [0.15, 0.2) is 94.5 Å². The largest absolute Gasteiger partial charge is 0.289 e. The fourth-order valence-corrected chi connectivity index (χ4v) is 5.09. The van der Waals surface area contributed by atoms with E-state index in [1.54, 1.807) is 6.07 Å². The molecule has 0 aliphatic carbocycles. The van der Waals surface area contributed by atoms with E-state index in [1.807, 2.05) is 48.5 Å². The molecule has 2 heteroatoms. The molecule has 0 aromatic heterocycles. The maximum absolute atomic E-state index is 13.3. The maximum Gasteiger partial charge on any atom is 0.194 e. The predicted molar refractivity (Wildman–Crippen MR) is 126 cm³/mol. The van der Waals surface area contributed by atoms with Crippen LogP contribution in [0.1, 0.15) is 0 Å². The second-order valence-electron chi connectivity index (χ2n) is 8.05. The molecule has 0 N–H and O–H groups in total. The van der Waals surface area contributed by atoms with Crippen LogP contribution in [0.4, 0.5) is 0 Å². The third kappa shape index (κ3) is 1.84. The van der Waals surface area contributed by atoms with Crippen molar-refractivity contribution in [3.63, 3.8) is 0 Å². The first kappa shape index (κ1) is 15.8. The molecule has 0 amide bonds. The zero-order chi connectivity index (χ0) is 20.0. The van der Waals surface area contributed by atoms with Crippen molar-refractivity contribution in [1.82, 2.24) is 0 Å². The van der Waals surface area contributed by atoms with E-state index in [-0.39, 0.29) is 10.9 Å². The number of fused-ring (bicyclic) bond motifs is 9. The van der Waals surface area contributed by atoms with Gasteiger partial charge in [0.05, 0.1) is 0 Å². The quantitative estimate of drug-likeness (QED) is 0.293. The highest BCUT2D eigenvalue weighted by Crippen LogP contribution is 2.35. The first-order valence-electron chi connectivity index (χ1n) is 10.0. The summed E-state index contributed by atoms with van der Waals surface area (Å²) < 4.78 is 0. The van der Waals surface area contributed by atoms with Gasteiger partial charge in [-0.05, 0) is 67.4 Å². The van der Waals surface area contributed by atoms with Crippen LogP contribution in [0.3, 0.4) is 0 Å². The van der Waals surface area contributed by atoms with Crippen molar-refractivity contribution in [2.75, 3.05) is 0 Å². The zero-order valence-electron chi connectivity index (χ0n) is 15.9. The van der Waals surface area contributed by atoms with Crippen LogP contribution in [0.2, 0.25) is 0 Å². The molecule has 7 aromatic carbocycles. The Hall–Kier alpha value is -4.04. The molecule has 0 saturated carbocycles. The highest BCUT2D eigenvalue weighted by molar-refractivity contribution is 6.24. The van der Waals surface area contributed by atoms with Crippen molar-refractivity contribution in [3.8, 4) is 0 Å². The molecule has 0 radical (unpaired) electrons. The Bertz CT molecular complexity index is 1930. The van der Waals surface area contributed by atoms with Gasteiger partial charge in [0.1, 0.15) is 0 Å². The monoisotopic (exact) mass is 382 g/mol. The number of hydrogen-bond donors (Lipinski definition) is 0. The van der Waals surface area contributed by atoms with E-state index in [1.165, 1.54) is 0 Å². The van der Waals surface area contributed by atoms with Crippen LogP contribution >= 0.6 is 0 Å². The fraction of sp³-hybridized carbons (Fsp3) is 0. The molecule has 0 bridgehead atoms. The molecule has 0 atom stereocenters. The molecule has 30 heavy (non-hydrogen) atoms. The SMILES string of the molecule is O=c1c2ccccc2c2cc3c(cc12)c(=O)c1cc2c(ccc4ccccc42)cc13. The van der Waals surface area contributed by atoms with Crippen molar-refractivity contribution in [1.29, 1.82) is 0 Å². The molecule has 0 heterocycles. The fourth-order valence-electron chi connectivity index (χ4n) is 5.09. The van der Waals surface area contributed by atoms with Crippen LogP contribution in [-0.4, -0.2) is 0 Å². The minimum Gasteiger partial charge on any atom is -0.289 e. The standard InChI is InChI=1S/C28H14O2/c29-27-19-8-4-3-7-18(19)22-13-23-21-11-16-10-9-15-5-1-2-6-17(15)20(16)12-24(21)28(30)26(23)14-25(22)27/h1-14H. The highest BCUT2D eigenvalue weighted by atomic mass is 16.1. The van der Waals surface area contributed by atoms with Crippen molar-refractivity contribution in [2.45, 2.75) is 0 Å². The molecule has 2 nitrogen and oxygen atoms in total. The minimum absolute atomic E-state index is 0.00129. The third-order valence-electron chi connectivity index (χ3n) is 6.53. The van der Waals surface area contributed by atoms with E-state index in [9.17, 15) is 9.59 Å². The Morgan fingerprint density at radius 3 is 1.63 bits per heavy atom. The van der Waals surface area contributed by atoms with Gasteiger partial charge < -0.3 is 0 Å². The molecule has 138 valence electrons. The third-order valence-corrected chi connectivity index (χ3v) is 6.53. The van der Waals surface area contributed by atoms with Crippen LogP contribution in [-0.2, 0) is 0 Å². The topological polar surface area (TPSA) is 34.1 Å². The van der Waals surface area contributed by atoms with E-state index in [0.717, 1.165) is 48.5 Å². The van der Waals surface area contributed by atoms with Gasteiger partial charge in [-0.3, -0.25) is 9.59 Å². The summed E-state index contributed by atoms with van der Waals surface area (Å²) in [5.41, 5.74) is 0.00435. The summed E-state index contributed by atoms with van der Waals surface area (Å²) in [5.74, 6) is 0. The van der Waals surface area contributed by atoms with Gasteiger partial charge >= 0.3 is 0 Å². The summed E-state index contributed by atoms with van der Waals surface area (Å²) in [6.45, 7) is 0. The summed E-state index contributed by atoms with van der Waals surface area (Å²) >= 11 is 0. The summed E-state index contributed by atoms with van der Waals surface area (Å²) in [6, 6.07) is 28.1. The average molecular weight is 382 g/mol. The van der Waals surface area contributed by atoms with E-state index in [0.29, 0.717) is 16.2 Å². The smallest absolute Gasteiger partial charge is 0.194 e. The van der Waals surface area contributed by atoms with Crippen LogP contribution < -0.4 is 10.9 Å². The Labute approximate surface area is 170 Å². The van der Waals surface area contributed by atoms with Gasteiger partial charge in [0, 0.05) is 21.5 Å². The van der Waals surface area contributed by atoms with Crippen molar-refractivity contribution in [2.24, 2.45) is 0 Å². The zero-order valence-corrected chi connectivity index (χ0v) is 15.9. The number of rotatable bonds is 0. The van der Waals surface area contributed by atoms with Crippen molar-refractivity contribution >= 4 is 64.6 Å². The summed E-state index contributed by atoms with van der Waals surface area (Å²) in [5, 5.41) is 11.0. The van der Waals surface area contributed by atoms with Gasteiger partial charge in [-0.1, -0.05) is 60.7 Å². The van der Waals surface area contributed by atoms with Gasteiger partial charge in [-0.25, -0.2) is 0 Å². The molecule has 0 aliphatic rings. The lowest BCUT2D eigenvalue weighted by molar-refractivity contribution is 1.79. The summed E-state index contributed by atoms with van der Waals surface area (Å²) in [6.07, 6.45) is 0. The molecule has 7 aromatic rings. The van der Waals surface area contributed by atoms with E-state index >= 15 is 0 Å². The van der Waals surface area contributed by atoms with Crippen molar-refractivity contribution in [3.05, 3.63) is 105 Å². The Kier molecular flexibility index (Phi) is 2.80. The Morgan fingerprint density at radius 2 is 0.833 bits per heavy atom. The first-order valence-corrected chi connectivity index (χ1v) is 10.0. The van der Waals surface area contributed by atoms with Gasteiger partial charge in [0.15, 0.2) is 10.9 Å². The van der Waals surface area contributed by atoms with E-state index in [4.69, 9.17) is 0 Å². The van der Waals surface area contributed by atoms with Gasteiger partial charge in [-0.2, -0.15) is 0 Å². The van der Waals surface area contributed by atoms with Gasteiger partial charge in [-0.15, -0.1) is 0 Å². The molecule has 7 rings (SSSR count). The lowest BCUT2D eigenvalue weighted by Gasteiger charge is -2.04. The van der Waals surface area contributed by atoms with Gasteiger partial charge in [0.25, 0.3) is 0 Å². The second kappa shape index (κ2) is 5.31. The second-order valence-corrected chi connectivity index (χ2v) is 8.05. The maximum atomic E-state index is 13.3. The highest BCUT2D eigenvalue weighted by Gasteiger charge is 2.17. The lowest BCUT2D eigenvalue weighted by atomic mass is 9.99. The van der Waals surface area contributed by atoms with E-state index < -0.39 is 0 Å². The van der Waals surface area contributed by atoms with Crippen molar-refractivity contribution < 1.29 is 0 Å². The Balaban J connectivity index is 1.71. The summed E-state index contributed by atoms with van der Waals surface area (Å²) in [7, 11) is 0.